The first-order valence-electron chi connectivity index (χ1n) is 4.70. The summed E-state index contributed by atoms with van der Waals surface area (Å²) in [6.07, 6.45) is 3.14. The number of hydrogen-bond acceptors (Lipinski definition) is 4. The molecule has 1 unspecified atom stereocenters. The van der Waals surface area contributed by atoms with Crippen LogP contribution >= 0.6 is 0 Å². The molecule has 0 bridgehead atoms. The molecule has 1 aromatic heterocycles. The first kappa shape index (κ1) is 11.6. The molecule has 0 aliphatic rings. The van der Waals surface area contributed by atoms with Crippen molar-refractivity contribution in [3.05, 3.63) is 30.1 Å². The number of carboxylic acids is 1. The van der Waals surface area contributed by atoms with E-state index in [0.29, 0.717) is 18.7 Å². The van der Waals surface area contributed by atoms with Crippen molar-refractivity contribution in [2.24, 2.45) is 5.73 Å². The van der Waals surface area contributed by atoms with Gasteiger partial charge in [0.25, 0.3) is 0 Å². The molecular formula is C10H15N3O2. The summed E-state index contributed by atoms with van der Waals surface area (Å²) in [6.45, 7) is 2.46. The Bertz CT molecular complexity index is 329. The molecule has 0 aliphatic carbocycles. The van der Waals surface area contributed by atoms with Crippen LogP contribution in [0.15, 0.2) is 24.5 Å². The van der Waals surface area contributed by atoms with E-state index in [0.717, 1.165) is 0 Å². The average molecular weight is 209 g/mol. The average Bonchev–Trinajstić information content (AvgIpc) is 2.27. The Morgan fingerprint density at radius 3 is 2.67 bits per heavy atom. The molecule has 82 valence electrons. The van der Waals surface area contributed by atoms with Gasteiger partial charge in [-0.2, -0.15) is 0 Å². The van der Waals surface area contributed by atoms with Crippen LogP contribution in [0.5, 0.6) is 0 Å². The van der Waals surface area contributed by atoms with Gasteiger partial charge in [0, 0.05) is 25.5 Å². The van der Waals surface area contributed by atoms with Crippen LogP contribution in [0.1, 0.15) is 12.5 Å². The maximum atomic E-state index is 11.2. The molecule has 0 amide bonds. The molecule has 0 radical (unpaired) electrons. The van der Waals surface area contributed by atoms with Gasteiger partial charge in [0.2, 0.25) is 0 Å². The number of hydrogen-bond donors (Lipinski definition) is 3. The van der Waals surface area contributed by atoms with Crippen LogP contribution < -0.4 is 11.1 Å². The largest absolute Gasteiger partial charge is 0.480 e. The minimum Gasteiger partial charge on any atom is -0.480 e. The third-order valence-electron chi connectivity index (χ3n) is 2.31. The van der Waals surface area contributed by atoms with Crippen LogP contribution in [0.4, 0.5) is 0 Å². The number of aromatic nitrogens is 1. The number of nitrogens with two attached hydrogens (primary N) is 1. The lowest BCUT2D eigenvalue weighted by atomic mass is 9.93. The van der Waals surface area contributed by atoms with Gasteiger partial charge in [-0.15, -0.1) is 0 Å². The summed E-state index contributed by atoms with van der Waals surface area (Å²) in [4.78, 5) is 15.1. The quantitative estimate of drug-likeness (QED) is 0.631. The molecule has 15 heavy (non-hydrogen) atoms. The van der Waals surface area contributed by atoms with Gasteiger partial charge in [0.05, 0.1) is 0 Å². The van der Waals surface area contributed by atoms with Crippen LogP contribution in [0.25, 0.3) is 0 Å². The van der Waals surface area contributed by atoms with Crippen LogP contribution in [0.3, 0.4) is 0 Å². The van der Waals surface area contributed by atoms with Crippen molar-refractivity contribution in [2.45, 2.75) is 12.5 Å². The topological polar surface area (TPSA) is 88.2 Å². The van der Waals surface area contributed by atoms with E-state index in [1.807, 2.05) is 0 Å². The van der Waals surface area contributed by atoms with Gasteiger partial charge in [-0.1, -0.05) is 0 Å². The Morgan fingerprint density at radius 2 is 2.20 bits per heavy atom. The number of nitrogens with zero attached hydrogens (tertiary/aromatic N) is 1. The molecule has 1 rings (SSSR count). The smallest absolute Gasteiger partial charge is 0.328 e. The Kier molecular flexibility index (Phi) is 3.76. The van der Waals surface area contributed by atoms with Crippen molar-refractivity contribution in [2.75, 3.05) is 13.1 Å². The highest BCUT2D eigenvalue weighted by Gasteiger charge is 2.34. The van der Waals surface area contributed by atoms with E-state index < -0.39 is 11.5 Å². The zero-order valence-electron chi connectivity index (χ0n) is 8.60. The van der Waals surface area contributed by atoms with Crippen molar-refractivity contribution < 1.29 is 9.90 Å². The Morgan fingerprint density at radius 1 is 1.60 bits per heavy atom. The summed E-state index contributed by atoms with van der Waals surface area (Å²) in [7, 11) is 0. The summed E-state index contributed by atoms with van der Waals surface area (Å²) in [5.74, 6) is -0.929. The van der Waals surface area contributed by atoms with Gasteiger partial charge in [-0.25, -0.2) is 4.79 Å². The molecule has 0 aromatic carbocycles. The molecule has 4 N–H and O–H groups in total. The van der Waals surface area contributed by atoms with Gasteiger partial charge >= 0.3 is 5.97 Å². The van der Waals surface area contributed by atoms with Crippen molar-refractivity contribution in [3.63, 3.8) is 0 Å². The summed E-state index contributed by atoms with van der Waals surface area (Å²) in [5.41, 5.74) is 4.90. The summed E-state index contributed by atoms with van der Waals surface area (Å²) < 4.78 is 0. The number of carboxylic acid groups (broad SMARTS) is 1. The highest BCUT2D eigenvalue weighted by Crippen LogP contribution is 2.19. The lowest BCUT2D eigenvalue weighted by molar-refractivity contribution is -0.144. The first-order chi connectivity index (χ1) is 7.11. The fourth-order valence-corrected chi connectivity index (χ4v) is 1.31. The van der Waals surface area contributed by atoms with Crippen molar-refractivity contribution >= 4 is 5.97 Å². The fraction of sp³-hybridized carbons (Fsp3) is 0.400. The van der Waals surface area contributed by atoms with E-state index in [9.17, 15) is 9.90 Å². The van der Waals surface area contributed by atoms with E-state index in [1.54, 1.807) is 31.5 Å². The lowest BCUT2D eigenvalue weighted by Crippen LogP contribution is -2.48. The van der Waals surface area contributed by atoms with Crippen LogP contribution in [-0.2, 0) is 10.3 Å². The zero-order chi connectivity index (χ0) is 11.3. The van der Waals surface area contributed by atoms with Crippen LogP contribution in [0, 0.1) is 0 Å². The van der Waals surface area contributed by atoms with Crippen LogP contribution in [0.2, 0.25) is 0 Å². The highest BCUT2D eigenvalue weighted by molar-refractivity contribution is 5.80. The molecule has 0 saturated heterocycles. The van der Waals surface area contributed by atoms with E-state index >= 15 is 0 Å². The predicted molar refractivity (Wildman–Crippen MR) is 56.3 cm³/mol. The van der Waals surface area contributed by atoms with Gasteiger partial charge in [0.15, 0.2) is 0 Å². The standard InChI is InChI=1S/C10H15N3O2/c1-10(9(14)15,13-7-4-11)8-2-5-12-6-3-8/h2-3,5-6,13H,4,7,11H2,1H3,(H,14,15). The molecule has 0 spiro atoms. The van der Waals surface area contributed by atoms with E-state index in [1.165, 1.54) is 0 Å². The van der Waals surface area contributed by atoms with E-state index in [2.05, 4.69) is 10.3 Å². The predicted octanol–water partition coefficient (Wildman–Crippen LogP) is -0.0703. The fourth-order valence-electron chi connectivity index (χ4n) is 1.31. The summed E-state index contributed by atoms with van der Waals surface area (Å²) in [5, 5.41) is 12.1. The van der Waals surface area contributed by atoms with Crippen molar-refractivity contribution in [3.8, 4) is 0 Å². The molecule has 5 heteroatoms. The molecule has 0 aliphatic heterocycles. The minimum atomic E-state index is -1.11. The lowest BCUT2D eigenvalue weighted by Gasteiger charge is -2.26. The van der Waals surface area contributed by atoms with Crippen molar-refractivity contribution in [1.29, 1.82) is 0 Å². The van der Waals surface area contributed by atoms with Gasteiger partial charge in [-0.05, 0) is 24.6 Å². The third-order valence-corrected chi connectivity index (χ3v) is 2.31. The molecule has 1 heterocycles. The normalized spacial score (nSPS) is 14.5. The van der Waals surface area contributed by atoms with E-state index in [4.69, 9.17) is 5.73 Å². The molecule has 0 saturated carbocycles. The molecule has 1 aromatic rings. The maximum Gasteiger partial charge on any atom is 0.328 e. The molecular weight excluding hydrogens is 194 g/mol. The summed E-state index contributed by atoms with van der Waals surface area (Å²) >= 11 is 0. The molecule has 5 nitrogen and oxygen atoms in total. The second-order valence-corrected chi connectivity index (χ2v) is 3.38. The number of aliphatic carboxylic acids is 1. The Balaban J connectivity index is 2.96. The number of rotatable bonds is 5. The van der Waals surface area contributed by atoms with Gasteiger partial charge in [-0.3, -0.25) is 10.3 Å². The SMILES string of the molecule is CC(NCCN)(C(=O)O)c1ccncc1. The van der Waals surface area contributed by atoms with Crippen LogP contribution in [-0.4, -0.2) is 29.1 Å². The van der Waals surface area contributed by atoms with E-state index in [-0.39, 0.29) is 0 Å². The van der Waals surface area contributed by atoms with Crippen molar-refractivity contribution in [1.82, 2.24) is 10.3 Å². The van der Waals surface area contributed by atoms with Gasteiger partial charge in [0.1, 0.15) is 5.54 Å². The molecule has 1 atom stereocenters. The zero-order valence-corrected chi connectivity index (χ0v) is 8.60. The summed E-state index contributed by atoms with van der Waals surface area (Å²) in [6, 6.07) is 3.36. The number of pyridine rings is 1. The number of nitrogens with one attached hydrogen (secondary N) is 1. The monoisotopic (exact) mass is 209 g/mol. The second kappa shape index (κ2) is 4.86. The highest BCUT2D eigenvalue weighted by atomic mass is 16.4. The minimum absolute atomic E-state index is 0.397. The van der Waals surface area contributed by atoms with Gasteiger partial charge < -0.3 is 10.8 Å². The second-order valence-electron chi connectivity index (χ2n) is 3.38. The third kappa shape index (κ3) is 2.51. The molecule has 0 fully saturated rings. The Hall–Kier alpha value is -1.46. The maximum absolute atomic E-state index is 11.2. The first-order valence-corrected chi connectivity index (χ1v) is 4.70. The number of carbonyl (C=O) groups is 1. The Labute approximate surface area is 88.3 Å².